The van der Waals surface area contributed by atoms with Crippen LogP contribution < -0.4 is 5.73 Å². The zero-order chi connectivity index (χ0) is 13.4. The molecule has 0 aliphatic heterocycles. The summed E-state index contributed by atoms with van der Waals surface area (Å²) >= 11 is 0. The van der Waals surface area contributed by atoms with Gasteiger partial charge in [0.2, 0.25) is 0 Å². The predicted octanol–water partition coefficient (Wildman–Crippen LogP) is -0.104. The number of nitrogens with two attached hydrogens (primary N) is 1. The van der Waals surface area contributed by atoms with Gasteiger partial charge in [-0.15, -0.1) is 0 Å². The Morgan fingerprint density at radius 1 is 0.944 bits per heavy atom. The highest BCUT2D eigenvalue weighted by molar-refractivity contribution is 5.80. The van der Waals surface area contributed by atoms with Crippen LogP contribution in [0.1, 0.15) is 0 Å². The summed E-state index contributed by atoms with van der Waals surface area (Å²) in [6.07, 6.45) is 3.68. The standard InChI is InChI=1S/C9H7N.C4H11NO3/c1-2-4-9-7-10-6-5-8(9)3-1;5-4(1-6,2-7)3-8/h1-7H;6-8H,1-3,5H2. The van der Waals surface area contributed by atoms with E-state index >= 15 is 0 Å². The van der Waals surface area contributed by atoms with Crippen LogP contribution in [0.15, 0.2) is 42.7 Å². The van der Waals surface area contributed by atoms with E-state index in [4.69, 9.17) is 21.1 Å². The van der Waals surface area contributed by atoms with Crippen LogP contribution in [0.25, 0.3) is 10.8 Å². The van der Waals surface area contributed by atoms with E-state index in [0.29, 0.717) is 0 Å². The number of aliphatic hydroxyl groups is 3. The second-order valence-electron chi connectivity index (χ2n) is 4.06. The molecular weight excluding hydrogens is 232 g/mol. The van der Waals surface area contributed by atoms with E-state index < -0.39 is 25.4 Å². The van der Waals surface area contributed by atoms with Crippen molar-refractivity contribution in [3.05, 3.63) is 42.7 Å². The largest absolute Gasteiger partial charge is 0.394 e. The average Bonchev–Trinajstić information content (AvgIpc) is 2.47. The van der Waals surface area contributed by atoms with Gasteiger partial charge in [-0.25, -0.2) is 0 Å². The molecule has 0 saturated carbocycles. The molecule has 0 unspecified atom stereocenters. The van der Waals surface area contributed by atoms with Crippen molar-refractivity contribution < 1.29 is 15.3 Å². The van der Waals surface area contributed by atoms with Gasteiger partial charge >= 0.3 is 0 Å². The van der Waals surface area contributed by atoms with Crippen molar-refractivity contribution in [3.63, 3.8) is 0 Å². The molecule has 0 aliphatic rings. The van der Waals surface area contributed by atoms with Gasteiger partial charge in [0.1, 0.15) is 0 Å². The number of benzene rings is 1. The summed E-state index contributed by atoms with van der Waals surface area (Å²) in [6.45, 7) is -1.21. The Bertz CT molecular complexity index is 399. The highest BCUT2D eigenvalue weighted by Crippen LogP contribution is 2.09. The van der Waals surface area contributed by atoms with E-state index in [-0.39, 0.29) is 0 Å². The van der Waals surface area contributed by atoms with Crippen LogP contribution in [0.4, 0.5) is 0 Å². The zero-order valence-electron chi connectivity index (χ0n) is 10.0. The molecule has 0 aliphatic carbocycles. The molecule has 1 heterocycles. The van der Waals surface area contributed by atoms with Gasteiger partial charge in [-0.2, -0.15) is 0 Å². The lowest BCUT2D eigenvalue weighted by Crippen LogP contribution is -2.50. The van der Waals surface area contributed by atoms with Gasteiger partial charge in [0.15, 0.2) is 0 Å². The second-order valence-corrected chi connectivity index (χ2v) is 4.06. The topological polar surface area (TPSA) is 99.6 Å². The molecule has 2 aromatic rings. The third-order valence-corrected chi connectivity index (χ3v) is 2.49. The third kappa shape index (κ3) is 4.05. The number of pyridine rings is 1. The van der Waals surface area contributed by atoms with Crippen molar-refractivity contribution in [1.82, 2.24) is 4.98 Å². The minimum absolute atomic E-state index is 0.403. The molecule has 0 bridgehead atoms. The molecule has 5 heteroatoms. The summed E-state index contributed by atoms with van der Waals surface area (Å²) in [5.74, 6) is 0. The Labute approximate surface area is 106 Å². The quantitative estimate of drug-likeness (QED) is 0.609. The average molecular weight is 250 g/mol. The molecule has 98 valence electrons. The van der Waals surface area contributed by atoms with Crippen molar-refractivity contribution in [2.75, 3.05) is 19.8 Å². The number of hydrogen-bond donors (Lipinski definition) is 4. The first kappa shape index (κ1) is 14.5. The van der Waals surface area contributed by atoms with E-state index in [9.17, 15) is 0 Å². The Hall–Kier alpha value is -1.53. The second kappa shape index (κ2) is 7.03. The Morgan fingerprint density at radius 3 is 1.94 bits per heavy atom. The summed E-state index contributed by atoms with van der Waals surface area (Å²) in [4.78, 5) is 4.01. The highest BCUT2D eigenvalue weighted by atomic mass is 16.3. The van der Waals surface area contributed by atoms with Gasteiger partial charge in [-0.3, -0.25) is 4.98 Å². The number of fused-ring (bicyclic) bond motifs is 1. The van der Waals surface area contributed by atoms with Gasteiger partial charge in [0.05, 0.1) is 25.4 Å². The number of rotatable bonds is 3. The monoisotopic (exact) mass is 250 g/mol. The Balaban J connectivity index is 0.000000187. The van der Waals surface area contributed by atoms with Gasteiger partial charge in [0.25, 0.3) is 0 Å². The number of nitrogens with zero attached hydrogens (tertiary/aromatic N) is 1. The normalized spacial score (nSPS) is 10.9. The first-order valence-electron chi connectivity index (χ1n) is 5.55. The van der Waals surface area contributed by atoms with E-state index in [0.717, 1.165) is 0 Å². The van der Waals surface area contributed by atoms with E-state index in [1.54, 1.807) is 0 Å². The summed E-state index contributed by atoms with van der Waals surface area (Å²) < 4.78 is 0. The molecule has 18 heavy (non-hydrogen) atoms. The molecule has 0 spiro atoms. The van der Waals surface area contributed by atoms with Crippen molar-refractivity contribution >= 4 is 10.8 Å². The van der Waals surface area contributed by atoms with E-state index in [2.05, 4.69) is 17.1 Å². The number of aliphatic hydroxyl groups excluding tert-OH is 3. The van der Waals surface area contributed by atoms with Crippen molar-refractivity contribution in [1.29, 1.82) is 0 Å². The van der Waals surface area contributed by atoms with Crippen LogP contribution in [-0.4, -0.2) is 45.7 Å². The SMILES string of the molecule is NC(CO)(CO)CO.c1ccc2cnccc2c1. The van der Waals surface area contributed by atoms with Crippen LogP contribution in [0.3, 0.4) is 0 Å². The number of aromatic nitrogens is 1. The molecular formula is C13H18N2O3. The fourth-order valence-corrected chi connectivity index (χ4v) is 1.18. The van der Waals surface area contributed by atoms with Gasteiger partial charge in [-0.05, 0) is 16.8 Å². The first-order valence-corrected chi connectivity index (χ1v) is 5.55. The molecule has 5 nitrogen and oxygen atoms in total. The summed E-state index contributed by atoms with van der Waals surface area (Å²) in [5.41, 5.74) is 3.94. The van der Waals surface area contributed by atoms with Gasteiger partial charge in [-0.1, -0.05) is 24.3 Å². The molecule has 0 fully saturated rings. The molecule has 5 N–H and O–H groups in total. The lowest BCUT2D eigenvalue weighted by molar-refractivity contribution is 0.0698. The highest BCUT2D eigenvalue weighted by Gasteiger charge is 2.20. The van der Waals surface area contributed by atoms with Crippen LogP contribution >= 0.6 is 0 Å². The molecule has 1 aromatic heterocycles. The summed E-state index contributed by atoms with van der Waals surface area (Å²) in [7, 11) is 0. The maximum atomic E-state index is 8.34. The first-order chi connectivity index (χ1) is 8.65. The molecule has 0 radical (unpaired) electrons. The van der Waals surface area contributed by atoms with Crippen LogP contribution in [-0.2, 0) is 0 Å². The Morgan fingerprint density at radius 2 is 1.50 bits per heavy atom. The van der Waals surface area contributed by atoms with E-state index in [1.165, 1.54) is 10.8 Å². The zero-order valence-corrected chi connectivity index (χ0v) is 10.0. The smallest absolute Gasteiger partial charge is 0.0856 e. The fourth-order valence-electron chi connectivity index (χ4n) is 1.18. The molecule has 2 rings (SSSR count). The maximum absolute atomic E-state index is 8.34. The third-order valence-electron chi connectivity index (χ3n) is 2.49. The van der Waals surface area contributed by atoms with Gasteiger partial charge < -0.3 is 21.1 Å². The van der Waals surface area contributed by atoms with Crippen LogP contribution in [0, 0.1) is 0 Å². The van der Waals surface area contributed by atoms with Crippen LogP contribution in [0.2, 0.25) is 0 Å². The Kier molecular flexibility index (Phi) is 5.67. The summed E-state index contributed by atoms with van der Waals surface area (Å²) in [6, 6.07) is 10.2. The molecule has 0 atom stereocenters. The minimum Gasteiger partial charge on any atom is -0.394 e. The lowest BCUT2D eigenvalue weighted by Gasteiger charge is -2.20. The molecule has 1 aromatic carbocycles. The van der Waals surface area contributed by atoms with Crippen molar-refractivity contribution in [3.8, 4) is 0 Å². The maximum Gasteiger partial charge on any atom is 0.0856 e. The fraction of sp³-hybridized carbons (Fsp3) is 0.308. The predicted molar refractivity (Wildman–Crippen MR) is 69.9 cm³/mol. The van der Waals surface area contributed by atoms with Gasteiger partial charge in [0, 0.05) is 12.4 Å². The van der Waals surface area contributed by atoms with E-state index in [1.807, 2.05) is 30.6 Å². The van der Waals surface area contributed by atoms with Crippen molar-refractivity contribution in [2.45, 2.75) is 5.54 Å². The molecule has 0 amide bonds. The molecule has 0 saturated heterocycles. The summed E-state index contributed by atoms with van der Waals surface area (Å²) in [5, 5.41) is 27.5. The minimum atomic E-state index is -1.21. The number of hydrogen-bond acceptors (Lipinski definition) is 5. The van der Waals surface area contributed by atoms with Crippen LogP contribution in [0.5, 0.6) is 0 Å². The lowest BCUT2D eigenvalue weighted by atomic mass is 10.1. The van der Waals surface area contributed by atoms with Crippen molar-refractivity contribution in [2.24, 2.45) is 5.73 Å².